The third-order valence-electron chi connectivity index (χ3n) is 2.01. The molecule has 0 bridgehead atoms. The van der Waals surface area contributed by atoms with Gasteiger partial charge in [-0.2, -0.15) is 0 Å². The van der Waals surface area contributed by atoms with E-state index in [2.05, 4.69) is 0 Å². The van der Waals surface area contributed by atoms with Crippen molar-refractivity contribution in [2.75, 3.05) is 26.4 Å². The molecule has 0 aromatic rings. The van der Waals surface area contributed by atoms with Gasteiger partial charge in [0.2, 0.25) is 0 Å². The number of hydrogen-bond acceptors (Lipinski definition) is 5. The molecule has 0 aliphatic heterocycles. The summed E-state index contributed by atoms with van der Waals surface area (Å²) in [5, 5.41) is 9.00. The molecule has 0 fully saturated rings. The largest absolute Gasteiger partial charge is 0.477 e. The Hall–Kier alpha value is -0.690. The van der Waals surface area contributed by atoms with E-state index < -0.39 is 18.0 Å². The average molecular weight is 250 g/mol. The summed E-state index contributed by atoms with van der Waals surface area (Å²) in [4.78, 5) is 11.0. The van der Waals surface area contributed by atoms with Crippen LogP contribution in [0.4, 0.5) is 0 Å². The second-order valence-corrected chi connectivity index (χ2v) is 3.34. The summed E-state index contributed by atoms with van der Waals surface area (Å²) in [5.41, 5.74) is 0. The van der Waals surface area contributed by atoms with Gasteiger partial charge in [-0.05, 0) is 20.8 Å². The molecule has 17 heavy (non-hydrogen) atoms. The molecule has 0 saturated heterocycles. The molecule has 0 aromatic heterocycles. The Bertz CT molecular complexity index is 214. The predicted octanol–water partition coefficient (Wildman–Crippen LogP) is 1.24. The maximum atomic E-state index is 11.0. The number of carboxylic acid groups (broad SMARTS) is 1. The van der Waals surface area contributed by atoms with Crippen molar-refractivity contribution in [3.8, 4) is 0 Å². The first kappa shape index (κ1) is 16.3. The first-order chi connectivity index (χ1) is 8.00. The Morgan fingerprint density at radius 1 is 1.12 bits per heavy atom. The van der Waals surface area contributed by atoms with Gasteiger partial charge in [-0.25, -0.2) is 4.79 Å². The summed E-state index contributed by atoms with van der Waals surface area (Å²) in [6.07, 6.45) is -0.580. The van der Waals surface area contributed by atoms with Crippen molar-refractivity contribution in [1.29, 1.82) is 0 Å². The number of carboxylic acids is 1. The molecule has 1 atom stereocenters. The van der Waals surface area contributed by atoms with Crippen LogP contribution in [0.1, 0.15) is 27.7 Å². The predicted molar refractivity (Wildman–Crippen MR) is 60.7 cm³/mol. The van der Waals surface area contributed by atoms with E-state index in [1.807, 2.05) is 13.8 Å². The molecule has 1 unspecified atom stereocenters. The van der Waals surface area contributed by atoms with E-state index in [0.717, 1.165) is 0 Å². The van der Waals surface area contributed by atoms with Crippen LogP contribution < -0.4 is 0 Å². The van der Waals surface area contributed by atoms with Crippen LogP contribution in [0.2, 0.25) is 0 Å². The van der Waals surface area contributed by atoms with Crippen molar-refractivity contribution in [1.82, 2.24) is 0 Å². The fourth-order valence-corrected chi connectivity index (χ4v) is 1.18. The smallest absolute Gasteiger partial charge is 0.364 e. The standard InChI is InChI=1S/C11H22O6/c1-5-14-9(15-6-2)8-17-11(4,10(12)13)16-7-3/h9H,5-8H2,1-4H3,(H,12,13). The van der Waals surface area contributed by atoms with E-state index >= 15 is 0 Å². The fraction of sp³-hybridized carbons (Fsp3) is 0.909. The van der Waals surface area contributed by atoms with Gasteiger partial charge in [0, 0.05) is 26.7 Å². The van der Waals surface area contributed by atoms with Gasteiger partial charge in [-0.1, -0.05) is 0 Å². The van der Waals surface area contributed by atoms with E-state index in [0.29, 0.717) is 13.2 Å². The lowest BCUT2D eigenvalue weighted by Gasteiger charge is -2.27. The summed E-state index contributed by atoms with van der Waals surface area (Å²) in [6.45, 7) is 7.89. The first-order valence-electron chi connectivity index (χ1n) is 5.74. The van der Waals surface area contributed by atoms with Gasteiger partial charge in [-0.15, -0.1) is 0 Å². The fourth-order valence-electron chi connectivity index (χ4n) is 1.18. The lowest BCUT2D eigenvalue weighted by atomic mass is 10.3. The van der Waals surface area contributed by atoms with Gasteiger partial charge >= 0.3 is 5.97 Å². The average Bonchev–Trinajstić information content (AvgIpc) is 2.27. The van der Waals surface area contributed by atoms with Gasteiger partial charge in [0.1, 0.15) is 6.61 Å². The number of carbonyl (C=O) groups is 1. The molecule has 0 heterocycles. The summed E-state index contributed by atoms with van der Waals surface area (Å²) >= 11 is 0. The number of ether oxygens (including phenoxy) is 4. The van der Waals surface area contributed by atoms with Crippen LogP contribution in [0.5, 0.6) is 0 Å². The third-order valence-corrected chi connectivity index (χ3v) is 2.01. The van der Waals surface area contributed by atoms with Gasteiger partial charge in [0.25, 0.3) is 5.79 Å². The number of rotatable bonds is 10. The summed E-state index contributed by atoms with van der Waals surface area (Å²) < 4.78 is 20.8. The highest BCUT2D eigenvalue weighted by atomic mass is 16.7. The Balaban J connectivity index is 4.30. The van der Waals surface area contributed by atoms with Crippen molar-refractivity contribution in [2.24, 2.45) is 0 Å². The molecule has 0 saturated carbocycles. The van der Waals surface area contributed by atoms with Crippen LogP contribution in [-0.4, -0.2) is 49.6 Å². The third kappa shape index (κ3) is 5.97. The molecular formula is C11H22O6. The Labute approximate surface area is 102 Å². The Morgan fingerprint density at radius 3 is 2.00 bits per heavy atom. The number of aliphatic carboxylic acids is 1. The van der Waals surface area contributed by atoms with Crippen molar-refractivity contribution < 1.29 is 28.8 Å². The van der Waals surface area contributed by atoms with Crippen LogP contribution >= 0.6 is 0 Å². The minimum atomic E-state index is -1.67. The zero-order valence-corrected chi connectivity index (χ0v) is 10.9. The molecule has 0 aliphatic carbocycles. The van der Waals surface area contributed by atoms with Crippen molar-refractivity contribution in [2.45, 2.75) is 39.8 Å². The summed E-state index contributed by atoms with van der Waals surface area (Å²) in [5.74, 6) is -2.84. The lowest BCUT2D eigenvalue weighted by Crippen LogP contribution is -2.43. The second-order valence-electron chi connectivity index (χ2n) is 3.34. The maximum Gasteiger partial charge on any atom is 0.364 e. The normalized spacial score (nSPS) is 14.9. The van der Waals surface area contributed by atoms with Crippen molar-refractivity contribution in [3.05, 3.63) is 0 Å². The van der Waals surface area contributed by atoms with E-state index in [4.69, 9.17) is 24.1 Å². The molecule has 6 nitrogen and oxygen atoms in total. The van der Waals surface area contributed by atoms with E-state index in [-0.39, 0.29) is 13.2 Å². The molecule has 0 spiro atoms. The molecular weight excluding hydrogens is 228 g/mol. The molecule has 102 valence electrons. The monoisotopic (exact) mass is 250 g/mol. The SMILES string of the molecule is CCOC(COC(C)(OCC)C(=O)O)OCC. The van der Waals surface area contributed by atoms with Gasteiger partial charge in [-0.3, -0.25) is 0 Å². The highest BCUT2D eigenvalue weighted by molar-refractivity contribution is 5.75. The second kappa shape index (κ2) is 8.41. The summed E-state index contributed by atoms with van der Waals surface area (Å²) in [6, 6.07) is 0. The first-order valence-corrected chi connectivity index (χ1v) is 5.74. The zero-order chi connectivity index (χ0) is 13.3. The van der Waals surface area contributed by atoms with E-state index in [9.17, 15) is 4.79 Å². The number of hydrogen-bond donors (Lipinski definition) is 1. The molecule has 0 aromatic carbocycles. The van der Waals surface area contributed by atoms with Gasteiger partial charge in [0.05, 0.1) is 0 Å². The molecule has 1 N–H and O–H groups in total. The Morgan fingerprint density at radius 2 is 1.65 bits per heavy atom. The molecule has 0 amide bonds. The highest BCUT2D eigenvalue weighted by Crippen LogP contribution is 2.14. The lowest BCUT2D eigenvalue weighted by molar-refractivity contribution is -0.263. The van der Waals surface area contributed by atoms with Gasteiger partial charge < -0.3 is 24.1 Å². The maximum absolute atomic E-state index is 11.0. The minimum Gasteiger partial charge on any atom is -0.477 e. The molecule has 0 rings (SSSR count). The van der Waals surface area contributed by atoms with Crippen LogP contribution in [0, 0.1) is 0 Å². The van der Waals surface area contributed by atoms with Crippen LogP contribution in [0.3, 0.4) is 0 Å². The molecule has 0 aliphatic rings. The topological polar surface area (TPSA) is 74.2 Å². The molecule has 0 radical (unpaired) electrons. The van der Waals surface area contributed by atoms with Crippen molar-refractivity contribution in [3.63, 3.8) is 0 Å². The summed E-state index contributed by atoms with van der Waals surface area (Å²) in [7, 11) is 0. The zero-order valence-electron chi connectivity index (χ0n) is 10.9. The van der Waals surface area contributed by atoms with Crippen LogP contribution in [-0.2, 0) is 23.7 Å². The quantitative estimate of drug-likeness (QED) is 0.588. The van der Waals surface area contributed by atoms with Crippen LogP contribution in [0.15, 0.2) is 0 Å². The van der Waals surface area contributed by atoms with Gasteiger partial charge in [0.15, 0.2) is 6.29 Å². The van der Waals surface area contributed by atoms with Crippen LogP contribution in [0.25, 0.3) is 0 Å². The minimum absolute atomic E-state index is 0.00444. The highest BCUT2D eigenvalue weighted by Gasteiger charge is 2.36. The van der Waals surface area contributed by atoms with E-state index in [1.54, 1.807) is 6.92 Å². The van der Waals surface area contributed by atoms with Crippen molar-refractivity contribution >= 4 is 5.97 Å². The van der Waals surface area contributed by atoms with E-state index in [1.165, 1.54) is 6.92 Å². The molecule has 6 heteroatoms. The Kier molecular flexibility index (Phi) is 8.07.